The molecule has 1 heterocycles. The minimum absolute atomic E-state index is 0.0548. The van der Waals surface area contributed by atoms with Gasteiger partial charge in [-0.05, 0) is 42.8 Å². The number of hydrogen-bond donors (Lipinski definition) is 2. The maximum Gasteiger partial charge on any atom is 0.417 e. The lowest BCUT2D eigenvalue weighted by atomic mass is 10.2. The third-order valence-electron chi connectivity index (χ3n) is 3.81. The van der Waals surface area contributed by atoms with Crippen molar-refractivity contribution in [3.8, 4) is 0 Å². The summed E-state index contributed by atoms with van der Waals surface area (Å²) in [5, 5.41) is 0. The van der Waals surface area contributed by atoms with Crippen LogP contribution in [0.4, 0.5) is 5.69 Å². The highest BCUT2D eigenvalue weighted by atomic mass is 32.2. The molecule has 1 aromatic heterocycles. The highest BCUT2D eigenvalue weighted by Gasteiger charge is 2.16. The fourth-order valence-electron chi connectivity index (χ4n) is 2.37. The van der Waals surface area contributed by atoms with Crippen LogP contribution in [-0.2, 0) is 14.8 Å². The number of H-pyrrole nitrogens is 1. The summed E-state index contributed by atoms with van der Waals surface area (Å²) in [6, 6.07) is 9.99. The molecule has 2 aromatic carbocycles. The Morgan fingerprint density at radius 2 is 1.93 bits per heavy atom. The van der Waals surface area contributed by atoms with Crippen molar-refractivity contribution >= 4 is 32.8 Å². The number of oxazole rings is 1. The van der Waals surface area contributed by atoms with Gasteiger partial charge in [0, 0.05) is 11.8 Å². The number of benzene rings is 2. The third-order valence-corrected chi connectivity index (χ3v) is 5.19. The molecule has 0 spiro atoms. The molecule has 0 aliphatic rings. The topological polar surface area (TPSA) is 118 Å². The van der Waals surface area contributed by atoms with Gasteiger partial charge >= 0.3 is 11.7 Å². The van der Waals surface area contributed by atoms with Gasteiger partial charge in [0.1, 0.15) is 0 Å². The number of anilines is 1. The first-order valence-electron chi connectivity index (χ1n) is 8.32. The predicted octanol–water partition coefficient (Wildman–Crippen LogP) is 2.88. The average Bonchev–Trinajstić information content (AvgIpc) is 3.01. The average molecular weight is 390 g/mol. The van der Waals surface area contributed by atoms with Gasteiger partial charge in [0.05, 0.1) is 22.6 Å². The van der Waals surface area contributed by atoms with Crippen LogP contribution >= 0.6 is 0 Å². The molecule has 0 aliphatic heterocycles. The Balaban J connectivity index is 1.74. The molecule has 9 heteroatoms. The van der Waals surface area contributed by atoms with Crippen LogP contribution in [0.1, 0.15) is 30.1 Å². The van der Waals surface area contributed by atoms with Gasteiger partial charge in [-0.25, -0.2) is 18.0 Å². The number of unbranched alkanes of at least 4 members (excludes halogenated alkanes) is 1. The minimum Gasteiger partial charge on any atom is -0.462 e. The molecule has 142 valence electrons. The first kappa shape index (κ1) is 18.7. The fourth-order valence-corrected chi connectivity index (χ4v) is 3.45. The summed E-state index contributed by atoms with van der Waals surface area (Å²) in [6.07, 6.45) is 1.71. The van der Waals surface area contributed by atoms with E-state index in [1.807, 2.05) is 6.92 Å². The van der Waals surface area contributed by atoms with Crippen molar-refractivity contribution in [1.29, 1.82) is 0 Å². The van der Waals surface area contributed by atoms with Crippen molar-refractivity contribution in [1.82, 2.24) is 4.98 Å². The molecular formula is C18H18N2O6S. The molecule has 0 aliphatic carbocycles. The van der Waals surface area contributed by atoms with Gasteiger partial charge in [-0.3, -0.25) is 9.71 Å². The second-order valence-corrected chi connectivity index (χ2v) is 7.53. The van der Waals surface area contributed by atoms with E-state index in [0.717, 1.165) is 12.8 Å². The monoisotopic (exact) mass is 390 g/mol. The Labute approximate surface area is 155 Å². The van der Waals surface area contributed by atoms with Crippen LogP contribution in [0.3, 0.4) is 0 Å². The minimum atomic E-state index is -3.89. The van der Waals surface area contributed by atoms with Crippen LogP contribution in [0.25, 0.3) is 11.1 Å². The number of aromatic nitrogens is 1. The lowest BCUT2D eigenvalue weighted by Crippen LogP contribution is -2.13. The molecule has 0 saturated heterocycles. The second kappa shape index (κ2) is 7.67. The van der Waals surface area contributed by atoms with E-state index in [-0.39, 0.29) is 16.2 Å². The molecule has 0 saturated carbocycles. The van der Waals surface area contributed by atoms with Crippen molar-refractivity contribution in [2.45, 2.75) is 24.7 Å². The lowest BCUT2D eigenvalue weighted by Gasteiger charge is -2.09. The molecule has 0 bridgehead atoms. The summed E-state index contributed by atoms with van der Waals surface area (Å²) < 4.78 is 37.4. The largest absolute Gasteiger partial charge is 0.462 e. The molecule has 0 radical (unpaired) electrons. The number of carbonyl (C=O) groups excluding carboxylic acids is 1. The summed E-state index contributed by atoms with van der Waals surface area (Å²) >= 11 is 0. The highest BCUT2D eigenvalue weighted by Crippen LogP contribution is 2.20. The Bertz CT molecular complexity index is 1110. The van der Waals surface area contributed by atoms with E-state index in [1.54, 1.807) is 0 Å². The molecule has 0 amide bonds. The van der Waals surface area contributed by atoms with Crippen LogP contribution in [0.5, 0.6) is 0 Å². The molecule has 0 fully saturated rings. The number of fused-ring (bicyclic) bond motifs is 1. The van der Waals surface area contributed by atoms with E-state index in [2.05, 4.69) is 9.71 Å². The molecule has 0 unspecified atom stereocenters. The number of hydrogen-bond acceptors (Lipinski definition) is 6. The van der Waals surface area contributed by atoms with Gasteiger partial charge in [0.2, 0.25) is 0 Å². The van der Waals surface area contributed by atoms with Crippen LogP contribution in [-0.4, -0.2) is 26.0 Å². The van der Waals surface area contributed by atoms with Crippen LogP contribution in [0, 0.1) is 0 Å². The second-order valence-electron chi connectivity index (χ2n) is 5.84. The summed E-state index contributed by atoms with van der Waals surface area (Å²) in [4.78, 5) is 25.4. The van der Waals surface area contributed by atoms with Gasteiger partial charge in [0.15, 0.2) is 5.58 Å². The van der Waals surface area contributed by atoms with Gasteiger partial charge in [-0.15, -0.1) is 0 Å². The third kappa shape index (κ3) is 4.37. The standard InChI is InChI=1S/C18H18N2O6S/c1-2-3-10-25-17(21)12-4-6-13(7-5-12)20-27(23,24)14-8-9-15-16(11-14)26-18(22)19-15/h4-9,11,20H,2-3,10H2,1H3,(H,19,22). The molecule has 2 N–H and O–H groups in total. The maximum atomic E-state index is 12.5. The van der Waals surface area contributed by atoms with Gasteiger partial charge in [-0.1, -0.05) is 13.3 Å². The summed E-state index contributed by atoms with van der Waals surface area (Å²) in [7, 11) is -3.89. The van der Waals surface area contributed by atoms with Crippen molar-refractivity contribution < 1.29 is 22.4 Å². The SMILES string of the molecule is CCCCOC(=O)c1ccc(NS(=O)(=O)c2ccc3[nH]c(=O)oc3c2)cc1. The number of nitrogens with one attached hydrogen (secondary N) is 2. The van der Waals surface area contributed by atoms with Crippen molar-refractivity contribution in [3.63, 3.8) is 0 Å². The number of esters is 1. The van der Waals surface area contributed by atoms with E-state index >= 15 is 0 Å². The van der Waals surface area contributed by atoms with Crippen LogP contribution in [0.2, 0.25) is 0 Å². The molecule has 3 rings (SSSR count). The van der Waals surface area contributed by atoms with E-state index < -0.39 is 21.7 Å². The first-order chi connectivity index (χ1) is 12.9. The molecule has 27 heavy (non-hydrogen) atoms. The van der Waals surface area contributed by atoms with Crippen molar-refractivity contribution in [2.75, 3.05) is 11.3 Å². The fraction of sp³-hybridized carbons (Fsp3) is 0.222. The zero-order chi connectivity index (χ0) is 19.4. The van der Waals surface area contributed by atoms with Crippen molar-refractivity contribution in [2.24, 2.45) is 0 Å². The molecule has 8 nitrogen and oxygen atoms in total. The Morgan fingerprint density at radius 3 is 2.63 bits per heavy atom. The smallest absolute Gasteiger partial charge is 0.417 e. The maximum absolute atomic E-state index is 12.5. The van der Waals surface area contributed by atoms with E-state index in [1.165, 1.54) is 42.5 Å². The van der Waals surface area contributed by atoms with Crippen molar-refractivity contribution in [3.05, 3.63) is 58.6 Å². The number of aromatic amines is 1. The van der Waals surface area contributed by atoms with Crippen LogP contribution < -0.4 is 10.5 Å². The molecule has 3 aromatic rings. The lowest BCUT2D eigenvalue weighted by molar-refractivity contribution is 0.0500. The van der Waals surface area contributed by atoms with Crippen LogP contribution in [0.15, 0.2) is 56.6 Å². The number of ether oxygens (including phenoxy) is 1. The highest BCUT2D eigenvalue weighted by molar-refractivity contribution is 7.92. The van der Waals surface area contributed by atoms with E-state index in [4.69, 9.17) is 9.15 Å². The molecule has 0 atom stereocenters. The zero-order valence-corrected chi connectivity index (χ0v) is 15.3. The van der Waals surface area contributed by atoms with E-state index in [0.29, 0.717) is 17.7 Å². The summed E-state index contributed by atoms with van der Waals surface area (Å²) in [5.41, 5.74) is 1.18. The summed E-state index contributed by atoms with van der Waals surface area (Å²) in [6.45, 7) is 2.34. The Morgan fingerprint density at radius 1 is 1.19 bits per heavy atom. The van der Waals surface area contributed by atoms with E-state index in [9.17, 15) is 18.0 Å². The molecular weight excluding hydrogens is 372 g/mol. The quantitative estimate of drug-likeness (QED) is 0.473. The predicted molar refractivity (Wildman–Crippen MR) is 99.3 cm³/mol. The Hall–Kier alpha value is -3.07. The van der Waals surface area contributed by atoms with Gasteiger partial charge in [-0.2, -0.15) is 0 Å². The zero-order valence-electron chi connectivity index (χ0n) is 14.5. The Kier molecular flexibility index (Phi) is 5.31. The van der Waals surface area contributed by atoms with Gasteiger partial charge < -0.3 is 9.15 Å². The number of sulfonamides is 1. The first-order valence-corrected chi connectivity index (χ1v) is 9.80. The number of rotatable bonds is 7. The summed E-state index contributed by atoms with van der Waals surface area (Å²) in [5.74, 6) is -1.11. The number of carbonyl (C=O) groups is 1. The normalized spacial score (nSPS) is 11.4. The van der Waals surface area contributed by atoms with Gasteiger partial charge in [0.25, 0.3) is 10.0 Å².